The third-order valence-electron chi connectivity index (χ3n) is 3.07. The van der Waals surface area contributed by atoms with E-state index < -0.39 is 0 Å². The van der Waals surface area contributed by atoms with Gasteiger partial charge in [-0.15, -0.1) is 0 Å². The lowest BCUT2D eigenvalue weighted by molar-refractivity contribution is 0.275. The zero-order chi connectivity index (χ0) is 12.8. The van der Waals surface area contributed by atoms with E-state index in [4.69, 9.17) is 0 Å². The van der Waals surface area contributed by atoms with Crippen LogP contribution in [0.5, 0.6) is 0 Å². The van der Waals surface area contributed by atoms with Gasteiger partial charge in [-0.2, -0.15) is 11.8 Å². The molecular formula is C14H23N3S. The van der Waals surface area contributed by atoms with Crippen molar-refractivity contribution in [1.82, 2.24) is 9.88 Å². The molecule has 0 bridgehead atoms. The third kappa shape index (κ3) is 4.18. The van der Waals surface area contributed by atoms with Gasteiger partial charge in [0.2, 0.25) is 0 Å². The van der Waals surface area contributed by atoms with Crippen LogP contribution < -0.4 is 5.32 Å². The van der Waals surface area contributed by atoms with Crippen LogP contribution in [0.25, 0.3) is 0 Å². The molecule has 2 rings (SSSR count). The number of anilines is 1. The quantitative estimate of drug-likeness (QED) is 0.886. The molecule has 1 unspecified atom stereocenters. The molecule has 1 aromatic rings. The summed E-state index contributed by atoms with van der Waals surface area (Å²) in [5, 5.41) is 4.10. The van der Waals surface area contributed by atoms with E-state index >= 15 is 0 Å². The lowest BCUT2D eigenvalue weighted by Crippen LogP contribution is -2.36. The van der Waals surface area contributed by atoms with Crippen molar-refractivity contribution >= 4 is 17.6 Å². The van der Waals surface area contributed by atoms with Crippen LogP contribution in [0.1, 0.15) is 26.0 Å². The van der Waals surface area contributed by atoms with Crippen molar-refractivity contribution in [2.75, 3.05) is 30.7 Å². The fraction of sp³-hybridized carbons (Fsp3) is 0.643. The summed E-state index contributed by atoms with van der Waals surface area (Å²) in [4.78, 5) is 7.18. The van der Waals surface area contributed by atoms with E-state index in [1.165, 1.54) is 24.5 Å². The minimum atomic E-state index is 0.750. The van der Waals surface area contributed by atoms with E-state index in [0.29, 0.717) is 0 Å². The Morgan fingerprint density at radius 2 is 2.39 bits per heavy atom. The topological polar surface area (TPSA) is 28.2 Å². The second-order valence-electron chi connectivity index (χ2n) is 4.86. The van der Waals surface area contributed by atoms with E-state index in [2.05, 4.69) is 52.9 Å². The fourth-order valence-corrected chi connectivity index (χ4v) is 3.26. The van der Waals surface area contributed by atoms with Gasteiger partial charge < -0.3 is 5.32 Å². The van der Waals surface area contributed by atoms with E-state index in [-0.39, 0.29) is 0 Å². The molecule has 0 radical (unpaired) electrons. The van der Waals surface area contributed by atoms with Gasteiger partial charge in [-0.1, -0.05) is 19.9 Å². The number of nitrogens with zero attached hydrogens (tertiary/aromatic N) is 2. The predicted molar refractivity (Wildman–Crippen MR) is 80.2 cm³/mol. The number of rotatable bonds is 5. The molecule has 1 aliphatic heterocycles. The summed E-state index contributed by atoms with van der Waals surface area (Å²) >= 11 is 2.07. The number of pyridine rings is 1. The Balaban J connectivity index is 1.91. The molecule has 0 amide bonds. The SMILES string of the molecule is CCCNc1cccc(CN2CCSC(C)C2)n1. The number of hydrogen-bond donors (Lipinski definition) is 1. The number of thioether (sulfide) groups is 1. The molecule has 1 aliphatic rings. The lowest BCUT2D eigenvalue weighted by Gasteiger charge is -2.30. The summed E-state index contributed by atoms with van der Waals surface area (Å²) in [6.45, 7) is 8.82. The molecule has 1 saturated heterocycles. The van der Waals surface area contributed by atoms with Crippen LogP contribution >= 0.6 is 11.8 Å². The number of nitrogens with one attached hydrogen (secondary N) is 1. The summed E-state index contributed by atoms with van der Waals surface area (Å²) in [7, 11) is 0. The Labute approximate surface area is 114 Å². The Kier molecular flexibility index (Phi) is 5.32. The van der Waals surface area contributed by atoms with Crippen LogP contribution in [-0.2, 0) is 6.54 Å². The van der Waals surface area contributed by atoms with Crippen molar-refractivity contribution in [2.45, 2.75) is 32.1 Å². The lowest BCUT2D eigenvalue weighted by atomic mass is 10.3. The third-order valence-corrected chi connectivity index (χ3v) is 4.21. The molecule has 0 aromatic carbocycles. The Hall–Kier alpha value is -0.740. The average molecular weight is 265 g/mol. The van der Waals surface area contributed by atoms with E-state index in [0.717, 1.165) is 30.6 Å². The first-order valence-corrected chi connectivity index (χ1v) is 7.86. The molecule has 0 saturated carbocycles. The Morgan fingerprint density at radius 1 is 1.50 bits per heavy atom. The molecule has 3 nitrogen and oxygen atoms in total. The van der Waals surface area contributed by atoms with Crippen LogP contribution in [0, 0.1) is 0 Å². The minimum Gasteiger partial charge on any atom is -0.370 e. The highest BCUT2D eigenvalue weighted by molar-refractivity contribution is 7.99. The molecule has 1 fully saturated rings. The molecule has 0 spiro atoms. The zero-order valence-corrected chi connectivity index (χ0v) is 12.2. The first-order valence-electron chi connectivity index (χ1n) is 6.81. The van der Waals surface area contributed by atoms with Crippen LogP contribution in [-0.4, -0.2) is 40.5 Å². The second-order valence-corrected chi connectivity index (χ2v) is 6.40. The minimum absolute atomic E-state index is 0.750. The summed E-state index contributed by atoms with van der Waals surface area (Å²) in [5.74, 6) is 2.25. The molecule has 2 heterocycles. The van der Waals surface area contributed by atoms with Crippen molar-refractivity contribution in [3.63, 3.8) is 0 Å². The molecule has 18 heavy (non-hydrogen) atoms. The molecule has 0 aliphatic carbocycles. The highest BCUT2D eigenvalue weighted by atomic mass is 32.2. The van der Waals surface area contributed by atoms with Gasteiger partial charge in [-0.05, 0) is 18.6 Å². The van der Waals surface area contributed by atoms with Gasteiger partial charge in [0.1, 0.15) is 5.82 Å². The van der Waals surface area contributed by atoms with Crippen molar-refractivity contribution in [1.29, 1.82) is 0 Å². The Morgan fingerprint density at radius 3 is 3.17 bits per heavy atom. The van der Waals surface area contributed by atoms with Gasteiger partial charge in [-0.25, -0.2) is 4.98 Å². The van der Waals surface area contributed by atoms with Crippen LogP contribution in [0.3, 0.4) is 0 Å². The largest absolute Gasteiger partial charge is 0.370 e. The van der Waals surface area contributed by atoms with Crippen molar-refractivity contribution in [3.05, 3.63) is 23.9 Å². The smallest absolute Gasteiger partial charge is 0.126 e. The molecule has 1 N–H and O–H groups in total. The predicted octanol–water partition coefficient (Wildman–Crippen LogP) is 2.84. The van der Waals surface area contributed by atoms with E-state index in [1.807, 2.05) is 6.07 Å². The number of aromatic nitrogens is 1. The second kappa shape index (κ2) is 7.00. The zero-order valence-electron chi connectivity index (χ0n) is 11.4. The molecule has 1 aromatic heterocycles. The van der Waals surface area contributed by atoms with Gasteiger partial charge in [-0.3, -0.25) is 4.90 Å². The van der Waals surface area contributed by atoms with Crippen molar-refractivity contribution < 1.29 is 0 Å². The summed E-state index contributed by atoms with van der Waals surface area (Å²) in [6, 6.07) is 6.28. The van der Waals surface area contributed by atoms with Crippen molar-refractivity contribution in [3.8, 4) is 0 Å². The number of hydrogen-bond acceptors (Lipinski definition) is 4. The molecule has 4 heteroatoms. The molecule has 100 valence electrons. The van der Waals surface area contributed by atoms with Crippen LogP contribution in [0.2, 0.25) is 0 Å². The highest BCUT2D eigenvalue weighted by Crippen LogP contribution is 2.19. The molecule has 1 atom stereocenters. The van der Waals surface area contributed by atoms with Gasteiger partial charge in [0, 0.05) is 37.2 Å². The van der Waals surface area contributed by atoms with Gasteiger partial charge in [0.05, 0.1) is 5.69 Å². The van der Waals surface area contributed by atoms with Gasteiger partial charge >= 0.3 is 0 Å². The summed E-state index contributed by atoms with van der Waals surface area (Å²) in [5.41, 5.74) is 1.18. The van der Waals surface area contributed by atoms with E-state index in [1.54, 1.807) is 0 Å². The van der Waals surface area contributed by atoms with Crippen molar-refractivity contribution in [2.24, 2.45) is 0 Å². The maximum Gasteiger partial charge on any atom is 0.126 e. The summed E-state index contributed by atoms with van der Waals surface area (Å²) < 4.78 is 0. The fourth-order valence-electron chi connectivity index (χ4n) is 2.18. The summed E-state index contributed by atoms with van der Waals surface area (Å²) in [6.07, 6.45) is 1.13. The first kappa shape index (κ1) is 13.7. The van der Waals surface area contributed by atoms with Gasteiger partial charge in [0.15, 0.2) is 0 Å². The van der Waals surface area contributed by atoms with Crippen LogP contribution in [0.15, 0.2) is 18.2 Å². The highest BCUT2D eigenvalue weighted by Gasteiger charge is 2.16. The van der Waals surface area contributed by atoms with Crippen LogP contribution in [0.4, 0.5) is 5.82 Å². The van der Waals surface area contributed by atoms with E-state index in [9.17, 15) is 0 Å². The normalized spacial score (nSPS) is 20.9. The maximum absolute atomic E-state index is 4.67. The van der Waals surface area contributed by atoms with Gasteiger partial charge in [0.25, 0.3) is 0 Å². The monoisotopic (exact) mass is 265 g/mol. The first-order chi connectivity index (χ1) is 8.78. The molecular weight excluding hydrogens is 242 g/mol. The maximum atomic E-state index is 4.67. The Bertz CT molecular complexity index is 370. The standard InChI is InChI=1S/C14H23N3S/c1-3-7-15-14-6-4-5-13(16-14)11-17-8-9-18-12(2)10-17/h4-6,12H,3,7-11H2,1-2H3,(H,15,16). The average Bonchev–Trinajstić information content (AvgIpc) is 2.37.